The molecule has 0 heterocycles. The van der Waals surface area contributed by atoms with Crippen molar-refractivity contribution in [2.75, 3.05) is 0 Å². The topological polar surface area (TPSA) is 94.8 Å². The van der Waals surface area contributed by atoms with Crippen LogP contribution in [0.25, 0.3) is 6.08 Å². The Balaban J connectivity index is 2.33. The van der Waals surface area contributed by atoms with E-state index in [4.69, 9.17) is 5.11 Å². The van der Waals surface area contributed by atoms with Gasteiger partial charge < -0.3 is 15.3 Å². The summed E-state index contributed by atoms with van der Waals surface area (Å²) in [5, 5.41) is 28.3. The van der Waals surface area contributed by atoms with Crippen LogP contribution >= 0.6 is 31.9 Å². The molecule has 0 saturated heterocycles. The van der Waals surface area contributed by atoms with Crippen LogP contribution in [0.5, 0.6) is 11.5 Å². The minimum atomic E-state index is -1.32. The molecule has 0 amide bonds. The normalized spacial score (nSPS) is 10.9. The fourth-order valence-electron chi connectivity index (χ4n) is 1.84. The third kappa shape index (κ3) is 4.00. The fraction of sp³-hybridized carbons (Fsp3) is 0. The van der Waals surface area contributed by atoms with E-state index >= 15 is 0 Å². The van der Waals surface area contributed by atoms with Crippen molar-refractivity contribution in [3.63, 3.8) is 0 Å². The Hall–Kier alpha value is -2.12. The number of hydrogen-bond acceptors (Lipinski definition) is 4. The molecule has 0 radical (unpaired) electrons. The summed E-state index contributed by atoms with van der Waals surface area (Å²) in [4.78, 5) is 23.1. The summed E-state index contributed by atoms with van der Waals surface area (Å²) >= 11 is 6.47. The van der Waals surface area contributed by atoms with Gasteiger partial charge >= 0.3 is 5.97 Å². The molecule has 3 N–H and O–H groups in total. The first-order valence-corrected chi connectivity index (χ1v) is 7.85. The molecule has 0 aromatic heterocycles. The molecule has 0 unspecified atom stereocenters. The van der Waals surface area contributed by atoms with Gasteiger partial charge in [-0.2, -0.15) is 0 Å². The van der Waals surface area contributed by atoms with Crippen molar-refractivity contribution in [2.45, 2.75) is 0 Å². The summed E-state index contributed by atoms with van der Waals surface area (Å²) in [6.45, 7) is 0. The Morgan fingerprint density at radius 2 is 1.74 bits per heavy atom. The van der Waals surface area contributed by atoms with Crippen LogP contribution in [0.4, 0.5) is 0 Å². The van der Waals surface area contributed by atoms with Gasteiger partial charge in [-0.25, -0.2) is 4.79 Å². The fourth-order valence-corrected chi connectivity index (χ4v) is 3.09. The lowest BCUT2D eigenvalue weighted by Crippen LogP contribution is -2.01. The average molecular weight is 442 g/mol. The molecule has 0 aliphatic heterocycles. The van der Waals surface area contributed by atoms with Gasteiger partial charge in [0, 0.05) is 15.6 Å². The van der Waals surface area contributed by atoms with E-state index in [9.17, 15) is 19.8 Å². The van der Waals surface area contributed by atoms with E-state index in [0.717, 1.165) is 12.1 Å². The van der Waals surface area contributed by atoms with Gasteiger partial charge in [-0.05, 0) is 58.4 Å². The minimum absolute atomic E-state index is 0.0193. The van der Waals surface area contributed by atoms with Crippen LogP contribution in [-0.2, 0) is 0 Å². The summed E-state index contributed by atoms with van der Waals surface area (Å²) in [5.74, 6) is -2.21. The summed E-state index contributed by atoms with van der Waals surface area (Å²) in [7, 11) is 0. The summed E-state index contributed by atoms with van der Waals surface area (Å²) in [6.07, 6.45) is 2.63. The monoisotopic (exact) mass is 440 g/mol. The number of carboxylic acids is 1. The van der Waals surface area contributed by atoms with Crippen molar-refractivity contribution in [2.24, 2.45) is 0 Å². The molecule has 5 nitrogen and oxygen atoms in total. The van der Waals surface area contributed by atoms with E-state index in [2.05, 4.69) is 31.9 Å². The highest BCUT2D eigenvalue weighted by Crippen LogP contribution is 2.32. The smallest absolute Gasteiger partial charge is 0.339 e. The Kier molecular flexibility index (Phi) is 5.23. The molecule has 118 valence electrons. The second-order valence-electron chi connectivity index (χ2n) is 4.56. The SMILES string of the molecule is O=C(/C=C/c1cc(Br)cc(Br)c1O)c1ccc(O)c(C(=O)O)c1. The molecule has 2 aromatic carbocycles. The molecular formula is C16H10Br2O5. The number of ketones is 1. The number of halogens is 2. The predicted octanol–water partition coefficient (Wildman–Crippen LogP) is 4.22. The first-order valence-electron chi connectivity index (χ1n) is 6.26. The quantitative estimate of drug-likeness (QED) is 0.487. The Morgan fingerprint density at radius 3 is 2.39 bits per heavy atom. The van der Waals surface area contributed by atoms with Gasteiger partial charge in [-0.1, -0.05) is 15.9 Å². The molecule has 0 spiro atoms. The van der Waals surface area contributed by atoms with E-state index < -0.39 is 17.5 Å². The van der Waals surface area contributed by atoms with E-state index in [1.165, 1.54) is 18.2 Å². The van der Waals surface area contributed by atoms with Gasteiger partial charge in [0.15, 0.2) is 5.78 Å². The summed E-state index contributed by atoms with van der Waals surface area (Å²) < 4.78 is 1.18. The van der Waals surface area contributed by atoms with Gasteiger partial charge in [0.1, 0.15) is 17.1 Å². The van der Waals surface area contributed by atoms with Crippen LogP contribution in [0.1, 0.15) is 26.3 Å². The highest BCUT2D eigenvalue weighted by molar-refractivity contribution is 9.11. The van der Waals surface area contributed by atoms with Gasteiger partial charge in [-0.3, -0.25) is 4.79 Å². The van der Waals surface area contributed by atoms with Gasteiger partial charge in [0.25, 0.3) is 0 Å². The lowest BCUT2D eigenvalue weighted by molar-refractivity contribution is 0.0693. The molecule has 7 heteroatoms. The van der Waals surface area contributed by atoms with Gasteiger partial charge in [-0.15, -0.1) is 0 Å². The molecule has 2 rings (SSSR count). The maximum Gasteiger partial charge on any atom is 0.339 e. The molecule has 0 atom stereocenters. The maximum absolute atomic E-state index is 12.1. The molecular weight excluding hydrogens is 432 g/mol. The van der Waals surface area contributed by atoms with Crippen LogP contribution < -0.4 is 0 Å². The van der Waals surface area contributed by atoms with Crippen molar-refractivity contribution in [3.8, 4) is 11.5 Å². The third-order valence-electron chi connectivity index (χ3n) is 2.98. The summed E-state index contributed by atoms with van der Waals surface area (Å²) in [5.41, 5.74) is 0.180. The molecule has 0 saturated carbocycles. The molecule has 0 bridgehead atoms. The van der Waals surface area contributed by atoms with Crippen molar-refractivity contribution >= 4 is 49.7 Å². The van der Waals surface area contributed by atoms with Gasteiger partial charge in [0.2, 0.25) is 0 Å². The maximum atomic E-state index is 12.1. The van der Waals surface area contributed by atoms with Crippen molar-refractivity contribution in [3.05, 3.63) is 62.0 Å². The van der Waals surface area contributed by atoms with Crippen LogP contribution in [0.3, 0.4) is 0 Å². The van der Waals surface area contributed by atoms with E-state index in [1.807, 2.05) is 0 Å². The number of phenolic OH excluding ortho intramolecular Hbond substituents is 1. The van der Waals surface area contributed by atoms with Crippen LogP contribution in [0.15, 0.2) is 45.4 Å². The van der Waals surface area contributed by atoms with E-state index in [-0.39, 0.29) is 16.9 Å². The second-order valence-corrected chi connectivity index (χ2v) is 6.33. The Morgan fingerprint density at radius 1 is 1.04 bits per heavy atom. The largest absolute Gasteiger partial charge is 0.507 e. The lowest BCUT2D eigenvalue weighted by atomic mass is 10.0. The van der Waals surface area contributed by atoms with E-state index in [1.54, 1.807) is 12.1 Å². The number of aromatic carboxylic acids is 1. The van der Waals surface area contributed by atoms with Crippen LogP contribution in [0, 0.1) is 0 Å². The minimum Gasteiger partial charge on any atom is -0.507 e. The second kappa shape index (κ2) is 6.97. The molecule has 23 heavy (non-hydrogen) atoms. The first kappa shape index (κ1) is 17.2. The zero-order valence-electron chi connectivity index (χ0n) is 11.5. The highest BCUT2D eigenvalue weighted by atomic mass is 79.9. The third-order valence-corrected chi connectivity index (χ3v) is 4.05. The van der Waals surface area contributed by atoms with Crippen molar-refractivity contribution in [1.29, 1.82) is 0 Å². The average Bonchev–Trinajstić information content (AvgIpc) is 2.49. The molecule has 0 fully saturated rings. The van der Waals surface area contributed by atoms with Crippen LogP contribution in [0.2, 0.25) is 0 Å². The Bertz CT molecular complexity index is 827. The predicted molar refractivity (Wildman–Crippen MR) is 91.9 cm³/mol. The molecule has 0 aliphatic rings. The number of allylic oxidation sites excluding steroid dienone is 1. The number of hydrogen-bond donors (Lipinski definition) is 3. The number of carbonyl (C=O) groups excluding carboxylic acids is 1. The van der Waals surface area contributed by atoms with E-state index in [0.29, 0.717) is 14.5 Å². The zero-order chi connectivity index (χ0) is 17.1. The highest BCUT2D eigenvalue weighted by Gasteiger charge is 2.13. The first-order chi connectivity index (χ1) is 10.8. The standard InChI is InChI=1S/C16H10Br2O5/c17-10-5-9(15(21)12(18)7-10)2-3-13(19)8-1-4-14(20)11(6-8)16(22)23/h1-7,20-21H,(H,22,23)/b3-2+. The van der Waals surface area contributed by atoms with Crippen molar-refractivity contribution in [1.82, 2.24) is 0 Å². The number of aromatic hydroxyl groups is 2. The van der Waals surface area contributed by atoms with Gasteiger partial charge in [0.05, 0.1) is 4.47 Å². The van der Waals surface area contributed by atoms with Crippen LogP contribution in [-0.4, -0.2) is 27.1 Å². The van der Waals surface area contributed by atoms with Crippen molar-refractivity contribution < 1.29 is 24.9 Å². The zero-order valence-corrected chi connectivity index (χ0v) is 14.6. The molecule has 0 aliphatic carbocycles. The number of carboxylic acid groups (broad SMARTS) is 1. The summed E-state index contributed by atoms with van der Waals surface area (Å²) in [6, 6.07) is 6.86. The molecule has 2 aromatic rings. The number of rotatable bonds is 4. The number of carbonyl (C=O) groups is 2. The Labute approximate surface area is 148 Å². The number of benzene rings is 2. The lowest BCUT2D eigenvalue weighted by Gasteiger charge is -2.04. The number of phenols is 2.